The average molecular weight is 174 g/mol. The van der Waals surface area contributed by atoms with Gasteiger partial charge in [-0.3, -0.25) is 0 Å². The molecule has 1 aromatic rings. The zero-order chi connectivity index (χ0) is 8.10. The van der Waals surface area contributed by atoms with E-state index in [9.17, 15) is 0 Å². The molecule has 1 heterocycles. The molecule has 1 rings (SSSR count). The summed E-state index contributed by atoms with van der Waals surface area (Å²) in [5, 5.41) is 4.41. The van der Waals surface area contributed by atoms with Crippen molar-refractivity contribution in [1.29, 1.82) is 0 Å². The fourth-order valence-electron chi connectivity index (χ4n) is 0.618. The highest BCUT2D eigenvalue weighted by atomic mass is 32.1. The third-order valence-corrected chi connectivity index (χ3v) is 1.61. The molecule has 0 aromatic carbocycles. The van der Waals surface area contributed by atoms with Gasteiger partial charge in [-0.1, -0.05) is 9.59 Å². The van der Waals surface area contributed by atoms with Crippen molar-refractivity contribution >= 4 is 11.5 Å². The topological polar surface area (TPSA) is 44.2 Å². The number of ether oxygens (including phenoxy) is 2. The molecule has 1 aromatic heterocycles. The normalized spacial score (nSPS) is 9.64. The van der Waals surface area contributed by atoms with Crippen LogP contribution in [0.25, 0.3) is 0 Å². The molecule has 0 unspecified atom stereocenters. The van der Waals surface area contributed by atoms with Crippen molar-refractivity contribution in [3.05, 3.63) is 0 Å². The minimum atomic E-state index is 0.499. The molecule has 0 saturated heterocycles. The Morgan fingerprint density at radius 2 is 2.00 bits per heavy atom. The highest BCUT2D eigenvalue weighted by molar-refractivity contribution is 7.07. The van der Waals surface area contributed by atoms with Gasteiger partial charge in [0.05, 0.1) is 13.2 Å². The van der Waals surface area contributed by atoms with Crippen LogP contribution in [0.4, 0.5) is 0 Å². The van der Waals surface area contributed by atoms with Crippen LogP contribution in [0.3, 0.4) is 0 Å². The Labute approximate surface area is 69.3 Å². The summed E-state index contributed by atoms with van der Waals surface area (Å²) in [5.74, 6) is 0.499. The van der Waals surface area contributed by atoms with E-state index in [4.69, 9.17) is 9.47 Å². The molecule has 4 nitrogen and oxygen atoms in total. The van der Waals surface area contributed by atoms with Crippen molar-refractivity contribution in [2.75, 3.05) is 13.2 Å². The predicted octanol–water partition coefficient (Wildman–Crippen LogP) is 1.34. The van der Waals surface area contributed by atoms with Crippen LogP contribution in [0, 0.1) is 0 Å². The fourth-order valence-corrected chi connectivity index (χ4v) is 1.16. The smallest absolute Gasteiger partial charge is 0.290 e. The molecule has 5 heteroatoms. The van der Waals surface area contributed by atoms with Crippen LogP contribution in [0.5, 0.6) is 10.9 Å². The van der Waals surface area contributed by atoms with Crippen LogP contribution in [0.1, 0.15) is 13.8 Å². The molecular weight excluding hydrogens is 164 g/mol. The van der Waals surface area contributed by atoms with E-state index in [1.54, 1.807) is 0 Å². The van der Waals surface area contributed by atoms with Gasteiger partial charge in [0.15, 0.2) is 0 Å². The molecule has 0 saturated carbocycles. The van der Waals surface area contributed by atoms with Crippen LogP contribution >= 0.6 is 11.5 Å². The van der Waals surface area contributed by atoms with Crippen LogP contribution in [-0.4, -0.2) is 22.8 Å². The summed E-state index contributed by atoms with van der Waals surface area (Å²) in [4.78, 5) is 0. The second-order valence-electron chi connectivity index (χ2n) is 1.73. The lowest BCUT2D eigenvalue weighted by Gasteiger charge is -2.00. The monoisotopic (exact) mass is 174 g/mol. The van der Waals surface area contributed by atoms with E-state index in [-0.39, 0.29) is 0 Å². The lowest BCUT2D eigenvalue weighted by atomic mass is 10.7. The Bertz CT molecular complexity index is 194. The second kappa shape index (κ2) is 4.12. The Morgan fingerprint density at radius 3 is 2.64 bits per heavy atom. The lowest BCUT2D eigenvalue weighted by molar-refractivity contribution is 0.285. The molecule has 0 aliphatic rings. The Morgan fingerprint density at radius 1 is 1.27 bits per heavy atom. The summed E-state index contributed by atoms with van der Waals surface area (Å²) in [5.41, 5.74) is 0. The van der Waals surface area contributed by atoms with E-state index < -0.39 is 0 Å². The molecule has 0 aliphatic carbocycles. The summed E-state index contributed by atoms with van der Waals surface area (Å²) in [6.45, 7) is 5.01. The molecule has 11 heavy (non-hydrogen) atoms. The summed E-state index contributed by atoms with van der Waals surface area (Å²) in [7, 11) is 0. The first-order valence-electron chi connectivity index (χ1n) is 3.46. The van der Waals surface area contributed by atoms with Gasteiger partial charge in [0.2, 0.25) is 0 Å². The molecule has 0 amide bonds. The maximum Gasteiger partial charge on any atom is 0.290 e. The van der Waals surface area contributed by atoms with Gasteiger partial charge in [0.25, 0.3) is 10.9 Å². The van der Waals surface area contributed by atoms with Crippen molar-refractivity contribution < 1.29 is 9.47 Å². The molecule has 0 atom stereocenters. The lowest BCUT2D eigenvalue weighted by Crippen LogP contribution is -1.96. The first-order valence-corrected chi connectivity index (χ1v) is 4.23. The van der Waals surface area contributed by atoms with Gasteiger partial charge in [-0.2, -0.15) is 0 Å². The summed E-state index contributed by atoms with van der Waals surface area (Å²) >= 11 is 1.21. The zero-order valence-corrected chi connectivity index (χ0v) is 7.35. The van der Waals surface area contributed by atoms with E-state index in [0.717, 1.165) is 0 Å². The van der Waals surface area contributed by atoms with Crippen LogP contribution in [0.2, 0.25) is 0 Å². The Hall–Kier alpha value is -0.840. The van der Waals surface area contributed by atoms with Crippen molar-refractivity contribution in [3.63, 3.8) is 0 Å². The summed E-state index contributed by atoms with van der Waals surface area (Å²) in [6.07, 6.45) is 0. The van der Waals surface area contributed by atoms with Gasteiger partial charge < -0.3 is 9.47 Å². The quantitative estimate of drug-likeness (QED) is 0.690. The number of hydrogen-bond donors (Lipinski definition) is 0. The average Bonchev–Trinajstić information content (AvgIpc) is 2.39. The van der Waals surface area contributed by atoms with E-state index in [0.29, 0.717) is 24.2 Å². The standard InChI is InChI=1S/C6H10N2O2S/c1-3-9-5-6(10-4-2)11-8-7-5/h3-4H2,1-2H3. The van der Waals surface area contributed by atoms with E-state index in [1.165, 1.54) is 11.5 Å². The van der Waals surface area contributed by atoms with Gasteiger partial charge in [-0.05, 0) is 13.8 Å². The highest BCUT2D eigenvalue weighted by Gasteiger charge is 2.08. The Kier molecular flexibility index (Phi) is 3.10. The number of hydrogen-bond acceptors (Lipinski definition) is 5. The first kappa shape index (κ1) is 8.26. The van der Waals surface area contributed by atoms with Crippen molar-refractivity contribution in [2.24, 2.45) is 0 Å². The zero-order valence-electron chi connectivity index (χ0n) is 6.53. The highest BCUT2D eigenvalue weighted by Crippen LogP contribution is 2.27. The minimum Gasteiger partial charge on any atom is -0.479 e. The van der Waals surface area contributed by atoms with Crippen molar-refractivity contribution in [2.45, 2.75) is 13.8 Å². The van der Waals surface area contributed by atoms with Gasteiger partial charge in [-0.15, -0.1) is 0 Å². The largest absolute Gasteiger partial charge is 0.479 e. The maximum absolute atomic E-state index is 5.20. The van der Waals surface area contributed by atoms with Crippen LogP contribution in [0.15, 0.2) is 0 Å². The fraction of sp³-hybridized carbons (Fsp3) is 0.667. The van der Waals surface area contributed by atoms with Crippen molar-refractivity contribution in [1.82, 2.24) is 9.59 Å². The summed E-state index contributed by atoms with van der Waals surface area (Å²) in [6, 6.07) is 0. The Balaban J connectivity index is 2.62. The summed E-state index contributed by atoms with van der Waals surface area (Å²) < 4.78 is 14.0. The van der Waals surface area contributed by atoms with Gasteiger partial charge in [0, 0.05) is 11.5 Å². The molecule has 0 bridgehead atoms. The molecule has 0 fully saturated rings. The molecule has 0 radical (unpaired) electrons. The van der Waals surface area contributed by atoms with Crippen LogP contribution in [-0.2, 0) is 0 Å². The van der Waals surface area contributed by atoms with E-state index in [2.05, 4.69) is 9.59 Å². The number of aromatic nitrogens is 2. The molecule has 0 aliphatic heterocycles. The molecule has 62 valence electrons. The molecule has 0 spiro atoms. The third-order valence-electron chi connectivity index (χ3n) is 0.986. The van der Waals surface area contributed by atoms with Crippen molar-refractivity contribution in [3.8, 4) is 10.9 Å². The van der Waals surface area contributed by atoms with Crippen LogP contribution < -0.4 is 9.47 Å². The predicted molar refractivity (Wildman–Crippen MR) is 42.2 cm³/mol. The second-order valence-corrected chi connectivity index (χ2v) is 2.45. The maximum atomic E-state index is 5.20. The van der Waals surface area contributed by atoms with Gasteiger partial charge >= 0.3 is 0 Å². The van der Waals surface area contributed by atoms with Gasteiger partial charge in [0.1, 0.15) is 0 Å². The molecule has 0 N–H and O–H groups in total. The van der Waals surface area contributed by atoms with E-state index in [1.807, 2.05) is 13.8 Å². The van der Waals surface area contributed by atoms with E-state index >= 15 is 0 Å². The van der Waals surface area contributed by atoms with Gasteiger partial charge in [-0.25, -0.2) is 0 Å². The SMILES string of the molecule is CCOc1nnsc1OCC. The first-order chi connectivity index (χ1) is 5.38. The number of nitrogens with zero attached hydrogens (tertiary/aromatic N) is 2. The molecular formula is C6H10N2O2S. The third kappa shape index (κ3) is 2.04. The number of rotatable bonds is 4. The minimum absolute atomic E-state index is 0.499.